The lowest BCUT2D eigenvalue weighted by Crippen LogP contribution is -2.54. The molecule has 0 fully saturated rings. The predicted molar refractivity (Wildman–Crippen MR) is 193 cm³/mol. The van der Waals surface area contributed by atoms with Crippen molar-refractivity contribution >= 4 is 62.6 Å². The molecular formula is C38H35Cl2N5O4. The van der Waals surface area contributed by atoms with E-state index in [9.17, 15) is 9.90 Å². The number of nitrogens with zero attached hydrogens (tertiary/aromatic N) is 5. The number of benzene rings is 3. The monoisotopic (exact) mass is 695 g/mol. The largest absolute Gasteiger partial charge is 0.494 e. The number of carbonyl (C=O) groups is 2. The van der Waals surface area contributed by atoms with E-state index in [1.54, 1.807) is 18.2 Å². The number of aryl methyl sites for hydroxylation is 5. The molecule has 49 heavy (non-hydrogen) atoms. The highest BCUT2D eigenvalue weighted by atomic mass is 35.5. The van der Waals surface area contributed by atoms with Gasteiger partial charge in [0.25, 0.3) is 5.91 Å². The first-order valence-electron chi connectivity index (χ1n) is 16.3. The maximum atomic E-state index is 15.0. The summed E-state index contributed by atoms with van der Waals surface area (Å²) < 4.78 is 12.2. The van der Waals surface area contributed by atoms with Crippen molar-refractivity contribution in [1.29, 1.82) is 0 Å². The van der Waals surface area contributed by atoms with Crippen LogP contribution in [0.3, 0.4) is 0 Å². The summed E-state index contributed by atoms with van der Waals surface area (Å²) in [6.45, 7) is 8.86. The fourth-order valence-electron chi connectivity index (χ4n) is 8.01. The summed E-state index contributed by atoms with van der Waals surface area (Å²) >= 11 is 13.4. The highest BCUT2D eigenvalue weighted by Gasteiger charge is 2.51. The molecule has 9 nitrogen and oxygen atoms in total. The molecule has 5 heterocycles. The van der Waals surface area contributed by atoms with Crippen molar-refractivity contribution in [3.63, 3.8) is 0 Å². The average molecular weight is 697 g/mol. The van der Waals surface area contributed by atoms with Crippen molar-refractivity contribution in [1.82, 2.24) is 18.9 Å². The van der Waals surface area contributed by atoms with Gasteiger partial charge >= 0.3 is 5.97 Å². The summed E-state index contributed by atoms with van der Waals surface area (Å²) in [4.78, 5) is 28.8. The molecule has 0 saturated heterocycles. The van der Waals surface area contributed by atoms with Crippen LogP contribution in [0.15, 0.2) is 48.7 Å². The standard InChI is InChI=1S/C38H35Cl2N5O4/c1-19-14-23(15-20(2)32(19)40)49-13-7-8-24-25-10-11-27(39)31-30-21(3)43(6)41-35(30)38(4)18-44(36(46)34(24)45(38)33(25)31)29-17-42(5)28-12-9-22(37(47)48)16-26(28)29/h9-12,14-17H,7-8,13,18H2,1-6H3,(H,47,48)/t38-/m1/s1. The van der Waals surface area contributed by atoms with Gasteiger partial charge in [-0.05, 0) is 93.6 Å². The first-order chi connectivity index (χ1) is 23.3. The third-order valence-electron chi connectivity index (χ3n) is 10.4. The van der Waals surface area contributed by atoms with Gasteiger partial charge in [-0.3, -0.25) is 9.48 Å². The number of aromatic nitrogens is 4. The van der Waals surface area contributed by atoms with E-state index >= 15 is 4.79 Å². The zero-order valence-electron chi connectivity index (χ0n) is 28.1. The lowest BCUT2D eigenvalue weighted by Gasteiger charge is -2.44. The molecule has 6 aromatic rings. The van der Waals surface area contributed by atoms with Gasteiger partial charge in [0.2, 0.25) is 0 Å². The quantitative estimate of drug-likeness (QED) is 0.170. The first-order valence-corrected chi connectivity index (χ1v) is 17.0. The molecule has 0 unspecified atom stereocenters. The Bertz CT molecular complexity index is 2410. The molecule has 3 aromatic carbocycles. The summed E-state index contributed by atoms with van der Waals surface area (Å²) in [5, 5.41) is 17.9. The van der Waals surface area contributed by atoms with Crippen LogP contribution in [0, 0.1) is 20.8 Å². The maximum Gasteiger partial charge on any atom is 0.335 e. The van der Waals surface area contributed by atoms with E-state index in [1.165, 1.54) is 0 Å². The molecule has 3 aromatic heterocycles. The number of hydrogen-bond acceptors (Lipinski definition) is 4. The molecule has 2 aliphatic heterocycles. The third-order valence-corrected chi connectivity index (χ3v) is 11.4. The summed E-state index contributed by atoms with van der Waals surface area (Å²) in [5.74, 6) is -0.411. The average Bonchev–Trinajstić information content (AvgIpc) is 3.69. The van der Waals surface area contributed by atoms with E-state index in [0.29, 0.717) is 47.8 Å². The van der Waals surface area contributed by atoms with Gasteiger partial charge < -0.3 is 23.9 Å². The number of halogens is 2. The van der Waals surface area contributed by atoms with Crippen LogP contribution in [0.4, 0.5) is 5.69 Å². The number of fused-ring (bicyclic) bond motifs is 4. The van der Waals surface area contributed by atoms with Crippen molar-refractivity contribution in [2.75, 3.05) is 18.1 Å². The van der Waals surface area contributed by atoms with E-state index in [1.807, 2.05) is 79.5 Å². The number of rotatable bonds is 7. The molecule has 11 heteroatoms. The maximum absolute atomic E-state index is 15.0. The highest BCUT2D eigenvalue weighted by molar-refractivity contribution is 6.35. The Kier molecular flexibility index (Phi) is 7.01. The SMILES string of the molecule is Cc1cc(OCCCc2c3n4c5c(c(Cl)ccc25)-c2c(nn(C)c2C)[C@@]4(C)CN(c2cn(C)c4ccc(C(=O)O)cc24)C3=O)cc(C)c1Cl. The first kappa shape index (κ1) is 31.5. The second-order valence-corrected chi connectivity index (χ2v) is 14.3. The summed E-state index contributed by atoms with van der Waals surface area (Å²) in [6, 6.07) is 12.9. The minimum absolute atomic E-state index is 0.153. The zero-order chi connectivity index (χ0) is 34.7. The molecule has 0 bridgehead atoms. The second-order valence-electron chi connectivity index (χ2n) is 13.6. The molecular weight excluding hydrogens is 661 g/mol. The van der Waals surface area contributed by atoms with Gasteiger partial charge in [0.1, 0.15) is 17.0 Å². The van der Waals surface area contributed by atoms with E-state index in [-0.39, 0.29) is 11.5 Å². The Balaban J connectivity index is 1.30. The summed E-state index contributed by atoms with van der Waals surface area (Å²) in [5.41, 5.74) is 9.00. The number of amides is 1. The lowest BCUT2D eigenvalue weighted by molar-refractivity contribution is 0.0696. The van der Waals surface area contributed by atoms with Gasteiger partial charge in [-0.2, -0.15) is 5.10 Å². The number of ether oxygens (including phenoxy) is 1. The number of hydrogen-bond donors (Lipinski definition) is 1. The van der Waals surface area contributed by atoms with Crippen LogP contribution in [0.25, 0.3) is 32.9 Å². The highest BCUT2D eigenvalue weighted by Crippen LogP contribution is 2.53. The van der Waals surface area contributed by atoms with Crippen molar-refractivity contribution in [2.45, 2.75) is 46.1 Å². The van der Waals surface area contributed by atoms with Gasteiger partial charge in [-0.25, -0.2) is 4.79 Å². The van der Waals surface area contributed by atoms with Crippen LogP contribution in [0.5, 0.6) is 5.75 Å². The predicted octanol–water partition coefficient (Wildman–Crippen LogP) is 8.21. The smallest absolute Gasteiger partial charge is 0.335 e. The van der Waals surface area contributed by atoms with Crippen LogP contribution in [0.2, 0.25) is 10.0 Å². The van der Waals surface area contributed by atoms with Crippen LogP contribution in [0.1, 0.15) is 62.3 Å². The Morgan fingerprint density at radius 3 is 2.47 bits per heavy atom. The third kappa shape index (κ3) is 4.41. The van der Waals surface area contributed by atoms with E-state index in [2.05, 4.69) is 11.5 Å². The normalized spacial score (nSPS) is 16.6. The molecule has 250 valence electrons. The van der Waals surface area contributed by atoms with Crippen molar-refractivity contribution < 1.29 is 19.4 Å². The fraction of sp³-hybridized carbons (Fsp3) is 0.289. The van der Waals surface area contributed by atoms with Crippen LogP contribution in [-0.4, -0.2) is 49.0 Å². The van der Waals surface area contributed by atoms with Crippen molar-refractivity contribution in [3.05, 3.63) is 98.0 Å². The molecule has 2 aliphatic rings. The fourth-order valence-corrected chi connectivity index (χ4v) is 8.37. The molecule has 0 radical (unpaired) electrons. The minimum atomic E-state index is -1.02. The van der Waals surface area contributed by atoms with E-state index < -0.39 is 11.5 Å². The van der Waals surface area contributed by atoms with Gasteiger partial charge in [0.05, 0.1) is 40.6 Å². The number of carboxylic acids is 1. The Hall–Kier alpha value is -4.73. The van der Waals surface area contributed by atoms with Gasteiger partial charge in [0, 0.05) is 58.4 Å². The van der Waals surface area contributed by atoms with Gasteiger partial charge in [0.15, 0.2) is 0 Å². The minimum Gasteiger partial charge on any atom is -0.494 e. The number of carboxylic acid groups (broad SMARTS) is 1. The molecule has 0 saturated carbocycles. The van der Waals surface area contributed by atoms with Gasteiger partial charge in [-0.15, -0.1) is 0 Å². The van der Waals surface area contributed by atoms with Crippen LogP contribution >= 0.6 is 23.2 Å². The molecule has 1 N–H and O–H groups in total. The summed E-state index contributed by atoms with van der Waals surface area (Å²) in [7, 11) is 3.84. The number of aromatic carboxylic acids is 1. The Labute approximate surface area is 293 Å². The molecule has 1 atom stereocenters. The topological polar surface area (TPSA) is 94.5 Å². The number of carbonyl (C=O) groups excluding carboxylic acids is 1. The molecule has 0 aliphatic carbocycles. The molecule has 8 rings (SSSR count). The van der Waals surface area contributed by atoms with E-state index in [0.717, 1.165) is 66.4 Å². The Morgan fingerprint density at radius 1 is 1.02 bits per heavy atom. The molecule has 1 amide bonds. The van der Waals surface area contributed by atoms with Crippen molar-refractivity contribution in [3.8, 4) is 16.9 Å². The van der Waals surface area contributed by atoms with E-state index in [4.69, 9.17) is 33.0 Å². The number of anilines is 1. The summed E-state index contributed by atoms with van der Waals surface area (Å²) in [6.07, 6.45) is 3.16. The van der Waals surface area contributed by atoms with Crippen LogP contribution in [-0.2, 0) is 26.1 Å². The molecule has 0 spiro atoms. The van der Waals surface area contributed by atoms with Crippen molar-refractivity contribution in [2.24, 2.45) is 14.1 Å². The second kappa shape index (κ2) is 10.9. The lowest BCUT2D eigenvalue weighted by atomic mass is 9.84. The Morgan fingerprint density at radius 2 is 1.76 bits per heavy atom. The zero-order valence-corrected chi connectivity index (χ0v) is 29.6. The van der Waals surface area contributed by atoms with Crippen LogP contribution < -0.4 is 9.64 Å². The van der Waals surface area contributed by atoms with Gasteiger partial charge in [-0.1, -0.05) is 29.3 Å².